The van der Waals surface area contributed by atoms with Crippen molar-refractivity contribution in [1.29, 1.82) is 0 Å². The van der Waals surface area contributed by atoms with Crippen LogP contribution in [0.25, 0.3) is 0 Å². The molecule has 0 bridgehead atoms. The van der Waals surface area contributed by atoms with Crippen LogP contribution in [0.4, 0.5) is 0 Å². The molecule has 0 fully saturated rings. The van der Waals surface area contributed by atoms with E-state index in [1.165, 1.54) is 6.92 Å². The van der Waals surface area contributed by atoms with Gasteiger partial charge < -0.3 is 9.84 Å². The zero-order valence-electron chi connectivity index (χ0n) is 8.16. The molecule has 0 aromatic heterocycles. The maximum absolute atomic E-state index is 10.1. The molecule has 0 atom stereocenters. The van der Waals surface area contributed by atoms with Gasteiger partial charge in [0, 0.05) is 13.5 Å². The molecule has 0 aliphatic rings. The quantitative estimate of drug-likeness (QED) is 0.403. The van der Waals surface area contributed by atoms with Crippen molar-refractivity contribution in [3.8, 4) is 0 Å². The lowest BCUT2D eigenvalue weighted by molar-refractivity contribution is -0.140. The summed E-state index contributed by atoms with van der Waals surface area (Å²) in [4.78, 5) is 10.1. The molecule has 0 spiro atoms. The summed E-state index contributed by atoms with van der Waals surface area (Å²) < 4.78 is 4.57. The minimum absolute atomic E-state index is 0.226. The van der Waals surface area contributed by atoms with E-state index in [9.17, 15) is 4.79 Å². The molecule has 0 aliphatic carbocycles. The van der Waals surface area contributed by atoms with Crippen molar-refractivity contribution in [3.05, 3.63) is 25.3 Å². The highest BCUT2D eigenvalue weighted by Crippen LogP contribution is 1.81. The molecule has 13 heavy (non-hydrogen) atoms. The van der Waals surface area contributed by atoms with Crippen molar-refractivity contribution < 1.29 is 14.6 Å². The van der Waals surface area contributed by atoms with Gasteiger partial charge in [-0.2, -0.15) is 0 Å². The van der Waals surface area contributed by atoms with Gasteiger partial charge in [-0.05, 0) is 12.8 Å². The van der Waals surface area contributed by atoms with E-state index in [1.54, 1.807) is 12.2 Å². The molecule has 1 N–H and O–H groups in total. The number of carbonyl (C=O) groups excluding carboxylic acids is 1. The van der Waals surface area contributed by atoms with Gasteiger partial charge in [0.2, 0.25) is 0 Å². The molecule has 0 amide bonds. The summed E-state index contributed by atoms with van der Waals surface area (Å²) in [5, 5.41) is 8.00. The molecule has 3 nitrogen and oxygen atoms in total. The highest BCUT2D eigenvalue weighted by atomic mass is 16.5. The first-order valence-electron chi connectivity index (χ1n) is 4.15. The van der Waals surface area contributed by atoms with Gasteiger partial charge >= 0.3 is 5.97 Å². The fourth-order valence-electron chi connectivity index (χ4n) is 0.377. The molecule has 3 heteroatoms. The summed E-state index contributed by atoms with van der Waals surface area (Å²) in [6.07, 6.45) is 4.84. The van der Waals surface area contributed by atoms with Crippen molar-refractivity contribution in [3.63, 3.8) is 0 Å². The predicted molar refractivity (Wildman–Crippen MR) is 53.3 cm³/mol. The Balaban J connectivity index is 0. The van der Waals surface area contributed by atoms with Crippen LogP contribution in [0.5, 0.6) is 0 Å². The van der Waals surface area contributed by atoms with Crippen LogP contribution >= 0.6 is 0 Å². The van der Waals surface area contributed by atoms with Gasteiger partial charge in [0.1, 0.15) is 0 Å². The third-order valence-corrected chi connectivity index (χ3v) is 0.961. The summed E-state index contributed by atoms with van der Waals surface area (Å²) in [6, 6.07) is 0. The number of carbonyl (C=O) groups is 1. The fourth-order valence-corrected chi connectivity index (χ4v) is 0.377. The number of hydrogen-bond donors (Lipinski definition) is 1. The minimum Gasteiger partial charge on any atom is -0.466 e. The number of hydrogen-bond acceptors (Lipinski definition) is 3. The van der Waals surface area contributed by atoms with E-state index >= 15 is 0 Å². The first-order valence-corrected chi connectivity index (χ1v) is 4.15. The van der Waals surface area contributed by atoms with E-state index in [0.29, 0.717) is 13.0 Å². The Labute approximate surface area is 79.7 Å². The molecule has 0 saturated carbocycles. The topological polar surface area (TPSA) is 46.5 Å². The van der Waals surface area contributed by atoms with E-state index in [2.05, 4.69) is 17.9 Å². The van der Waals surface area contributed by atoms with Crippen LogP contribution < -0.4 is 0 Å². The first kappa shape index (κ1) is 14.4. The number of esters is 1. The Morgan fingerprint density at radius 2 is 1.92 bits per heavy atom. The van der Waals surface area contributed by atoms with Crippen LogP contribution in [0, 0.1) is 0 Å². The average molecular weight is 186 g/mol. The Kier molecular flexibility index (Phi) is 15.0. The Morgan fingerprint density at radius 1 is 1.38 bits per heavy atom. The first-order chi connectivity index (χ1) is 6.18. The molecular weight excluding hydrogens is 168 g/mol. The summed E-state index contributed by atoms with van der Waals surface area (Å²) in [6.45, 7) is 8.93. The van der Waals surface area contributed by atoms with E-state index < -0.39 is 0 Å². The maximum atomic E-state index is 10.1. The standard InChI is InChI=1S/C6H10O2.C4H8O/c1-3-4-5-8-6(2)7;1-2-3-4-5/h3H,1,4-5H2,2H3;2,5H,1,3-4H2. The van der Waals surface area contributed by atoms with Gasteiger partial charge in [0.05, 0.1) is 6.61 Å². The molecule has 0 saturated heterocycles. The van der Waals surface area contributed by atoms with Crippen LogP contribution in [0.2, 0.25) is 0 Å². The zero-order valence-corrected chi connectivity index (χ0v) is 8.16. The SMILES string of the molecule is C=CCCO.C=CCCOC(C)=O. The highest BCUT2D eigenvalue weighted by molar-refractivity contribution is 5.65. The lowest BCUT2D eigenvalue weighted by Gasteiger charge is -1.94. The Hall–Kier alpha value is -1.09. The van der Waals surface area contributed by atoms with Crippen LogP contribution in [-0.2, 0) is 9.53 Å². The van der Waals surface area contributed by atoms with Crippen LogP contribution in [0.3, 0.4) is 0 Å². The van der Waals surface area contributed by atoms with E-state index in [4.69, 9.17) is 5.11 Å². The second-order valence-electron chi connectivity index (χ2n) is 2.22. The van der Waals surface area contributed by atoms with Gasteiger partial charge in [0.15, 0.2) is 0 Å². The Bertz CT molecular complexity index is 141. The van der Waals surface area contributed by atoms with E-state index in [0.717, 1.165) is 6.42 Å². The third kappa shape index (κ3) is 24.8. The lowest BCUT2D eigenvalue weighted by Crippen LogP contribution is -1.98. The molecule has 0 aromatic carbocycles. The van der Waals surface area contributed by atoms with E-state index in [-0.39, 0.29) is 12.6 Å². The molecule has 0 heterocycles. The smallest absolute Gasteiger partial charge is 0.302 e. The van der Waals surface area contributed by atoms with Crippen molar-refractivity contribution in [2.24, 2.45) is 0 Å². The largest absolute Gasteiger partial charge is 0.466 e. The number of aliphatic hydroxyl groups excluding tert-OH is 1. The normalized spacial score (nSPS) is 7.85. The number of aliphatic hydroxyl groups is 1. The third-order valence-electron chi connectivity index (χ3n) is 0.961. The summed E-state index contributed by atoms with van der Waals surface area (Å²) in [5.41, 5.74) is 0. The van der Waals surface area contributed by atoms with Gasteiger partial charge in [-0.25, -0.2) is 0 Å². The van der Waals surface area contributed by atoms with Crippen LogP contribution in [0.15, 0.2) is 25.3 Å². The van der Waals surface area contributed by atoms with Gasteiger partial charge in [-0.1, -0.05) is 12.2 Å². The second-order valence-corrected chi connectivity index (χ2v) is 2.22. The Morgan fingerprint density at radius 3 is 2.15 bits per heavy atom. The lowest BCUT2D eigenvalue weighted by atomic mass is 10.5. The fraction of sp³-hybridized carbons (Fsp3) is 0.500. The molecule has 0 radical (unpaired) electrons. The molecule has 0 aliphatic heterocycles. The van der Waals surface area contributed by atoms with Crippen molar-refractivity contribution in [2.75, 3.05) is 13.2 Å². The highest BCUT2D eigenvalue weighted by Gasteiger charge is 1.86. The second kappa shape index (κ2) is 13.5. The van der Waals surface area contributed by atoms with Gasteiger partial charge in [0.25, 0.3) is 0 Å². The molecular formula is C10H18O3. The van der Waals surface area contributed by atoms with Crippen molar-refractivity contribution in [2.45, 2.75) is 19.8 Å². The number of ether oxygens (including phenoxy) is 1. The molecule has 0 rings (SSSR count). The van der Waals surface area contributed by atoms with Crippen LogP contribution in [0.1, 0.15) is 19.8 Å². The molecule has 76 valence electrons. The number of rotatable bonds is 5. The van der Waals surface area contributed by atoms with Crippen LogP contribution in [-0.4, -0.2) is 24.3 Å². The zero-order chi connectivity index (χ0) is 10.5. The summed E-state index contributed by atoms with van der Waals surface area (Å²) in [5.74, 6) is -0.230. The van der Waals surface area contributed by atoms with Crippen molar-refractivity contribution in [1.82, 2.24) is 0 Å². The van der Waals surface area contributed by atoms with Gasteiger partial charge in [-0.15, -0.1) is 13.2 Å². The molecule has 0 aromatic rings. The monoisotopic (exact) mass is 186 g/mol. The van der Waals surface area contributed by atoms with Crippen molar-refractivity contribution >= 4 is 5.97 Å². The predicted octanol–water partition coefficient (Wildman–Crippen LogP) is 1.68. The minimum atomic E-state index is -0.230. The summed E-state index contributed by atoms with van der Waals surface area (Å²) >= 11 is 0. The van der Waals surface area contributed by atoms with Gasteiger partial charge in [-0.3, -0.25) is 4.79 Å². The van der Waals surface area contributed by atoms with E-state index in [1.807, 2.05) is 0 Å². The average Bonchev–Trinajstić information content (AvgIpc) is 2.07. The molecule has 0 unspecified atom stereocenters. The maximum Gasteiger partial charge on any atom is 0.302 e. The summed E-state index contributed by atoms with van der Waals surface area (Å²) in [7, 11) is 0.